The van der Waals surface area contributed by atoms with Crippen molar-refractivity contribution in [1.29, 1.82) is 0 Å². The molecule has 0 saturated heterocycles. The van der Waals surface area contributed by atoms with Gasteiger partial charge in [0.1, 0.15) is 5.00 Å². The summed E-state index contributed by atoms with van der Waals surface area (Å²) in [5.74, 6) is -1.34. The fourth-order valence-electron chi connectivity index (χ4n) is 3.06. The Hall–Kier alpha value is -3.45. The molecule has 0 unspecified atom stereocenters. The van der Waals surface area contributed by atoms with Gasteiger partial charge >= 0.3 is 5.97 Å². The molecule has 0 radical (unpaired) electrons. The van der Waals surface area contributed by atoms with E-state index in [9.17, 15) is 14.4 Å². The first-order valence-corrected chi connectivity index (χ1v) is 10.1. The van der Waals surface area contributed by atoms with Gasteiger partial charge in [-0.15, -0.1) is 11.3 Å². The normalized spacial score (nSPS) is 10.4. The van der Waals surface area contributed by atoms with Crippen LogP contribution in [0.1, 0.15) is 47.1 Å². The van der Waals surface area contributed by atoms with E-state index < -0.39 is 5.97 Å². The third-order valence-corrected chi connectivity index (χ3v) is 5.84. The number of esters is 1. The lowest BCUT2D eigenvalue weighted by molar-refractivity contribution is 0.0601. The number of aryl methyl sites for hydroxylation is 2. The molecule has 0 atom stereocenters. The minimum Gasteiger partial charge on any atom is -0.465 e. The van der Waals surface area contributed by atoms with Gasteiger partial charge in [-0.1, -0.05) is 35.9 Å². The monoisotopic (exact) mass is 422 g/mol. The first-order valence-electron chi connectivity index (χ1n) is 9.28. The molecule has 0 spiro atoms. The topological polar surface area (TPSA) is 84.5 Å². The summed E-state index contributed by atoms with van der Waals surface area (Å²) in [4.78, 5) is 38.2. The SMILES string of the molecule is COC(=O)c1c(NC(=O)c2ccccc2)sc(C(=O)Nc2ccc(C)cc2C)c1C. The molecule has 0 saturated carbocycles. The van der Waals surface area contributed by atoms with Gasteiger partial charge in [0.2, 0.25) is 0 Å². The van der Waals surface area contributed by atoms with Crippen molar-refractivity contribution in [3.63, 3.8) is 0 Å². The lowest BCUT2D eigenvalue weighted by atomic mass is 10.1. The molecule has 2 amide bonds. The van der Waals surface area contributed by atoms with Gasteiger partial charge in [0.15, 0.2) is 0 Å². The zero-order valence-corrected chi connectivity index (χ0v) is 18.0. The molecule has 2 aromatic carbocycles. The molecule has 6 nitrogen and oxygen atoms in total. The first kappa shape index (κ1) is 21.3. The average molecular weight is 423 g/mol. The van der Waals surface area contributed by atoms with Crippen LogP contribution in [0.4, 0.5) is 10.7 Å². The minimum absolute atomic E-state index is 0.178. The molecule has 7 heteroatoms. The summed E-state index contributed by atoms with van der Waals surface area (Å²) in [6.07, 6.45) is 0. The van der Waals surface area contributed by atoms with Crippen LogP contribution >= 0.6 is 11.3 Å². The number of amides is 2. The molecule has 0 aliphatic rings. The fourth-order valence-corrected chi connectivity index (χ4v) is 4.15. The highest BCUT2D eigenvalue weighted by Crippen LogP contribution is 2.34. The molecule has 2 N–H and O–H groups in total. The van der Waals surface area contributed by atoms with E-state index in [4.69, 9.17) is 4.74 Å². The maximum Gasteiger partial charge on any atom is 0.341 e. The van der Waals surface area contributed by atoms with Crippen LogP contribution in [0, 0.1) is 20.8 Å². The van der Waals surface area contributed by atoms with Gasteiger partial charge < -0.3 is 15.4 Å². The van der Waals surface area contributed by atoms with Crippen molar-refractivity contribution in [2.24, 2.45) is 0 Å². The summed E-state index contributed by atoms with van der Waals surface area (Å²) < 4.78 is 4.87. The number of anilines is 2. The first-order chi connectivity index (χ1) is 14.3. The highest BCUT2D eigenvalue weighted by atomic mass is 32.1. The van der Waals surface area contributed by atoms with Crippen molar-refractivity contribution in [2.45, 2.75) is 20.8 Å². The number of carbonyl (C=O) groups excluding carboxylic acids is 3. The van der Waals surface area contributed by atoms with Gasteiger partial charge in [0.05, 0.1) is 17.6 Å². The number of benzene rings is 2. The molecule has 3 rings (SSSR count). The molecular weight excluding hydrogens is 400 g/mol. The van der Waals surface area contributed by atoms with E-state index in [1.54, 1.807) is 37.3 Å². The van der Waals surface area contributed by atoms with Crippen molar-refractivity contribution in [3.05, 3.63) is 81.2 Å². The smallest absolute Gasteiger partial charge is 0.341 e. The Morgan fingerprint density at radius 1 is 0.900 bits per heavy atom. The number of carbonyl (C=O) groups is 3. The molecule has 1 heterocycles. The highest BCUT2D eigenvalue weighted by molar-refractivity contribution is 7.19. The number of nitrogens with one attached hydrogen (secondary N) is 2. The Morgan fingerprint density at radius 3 is 2.23 bits per heavy atom. The lowest BCUT2D eigenvalue weighted by Crippen LogP contribution is -2.14. The van der Waals surface area contributed by atoms with Crippen molar-refractivity contribution in [1.82, 2.24) is 0 Å². The summed E-state index contributed by atoms with van der Waals surface area (Å²) in [6, 6.07) is 14.4. The van der Waals surface area contributed by atoms with Crippen molar-refractivity contribution in [2.75, 3.05) is 17.7 Å². The Kier molecular flexibility index (Phi) is 6.32. The van der Waals surface area contributed by atoms with Crippen LogP contribution in [-0.4, -0.2) is 24.9 Å². The minimum atomic E-state index is -0.613. The lowest BCUT2D eigenvalue weighted by Gasteiger charge is -2.08. The van der Waals surface area contributed by atoms with Gasteiger partial charge in [-0.05, 0) is 50.1 Å². The van der Waals surface area contributed by atoms with Crippen LogP contribution < -0.4 is 10.6 Å². The standard InChI is InChI=1S/C23H22N2O4S/c1-13-10-11-17(14(2)12-13)24-21(27)19-15(3)18(23(28)29-4)22(30-19)25-20(26)16-8-6-5-7-9-16/h5-12H,1-4H3,(H,24,27)(H,25,26). The Balaban J connectivity index is 1.94. The Bertz CT molecular complexity index is 1120. The van der Waals surface area contributed by atoms with E-state index in [0.717, 1.165) is 22.5 Å². The molecule has 0 aliphatic heterocycles. The maximum absolute atomic E-state index is 12.9. The Morgan fingerprint density at radius 2 is 1.60 bits per heavy atom. The van der Waals surface area contributed by atoms with Gasteiger partial charge in [0, 0.05) is 11.3 Å². The summed E-state index contributed by atoms with van der Waals surface area (Å²) >= 11 is 1.04. The van der Waals surface area contributed by atoms with Crippen LogP contribution in [0.2, 0.25) is 0 Å². The van der Waals surface area contributed by atoms with Crippen LogP contribution in [0.25, 0.3) is 0 Å². The summed E-state index contributed by atoms with van der Waals surface area (Å²) in [6.45, 7) is 5.56. The molecule has 30 heavy (non-hydrogen) atoms. The molecular formula is C23H22N2O4S. The van der Waals surface area contributed by atoms with Gasteiger partial charge in [-0.3, -0.25) is 9.59 Å². The predicted molar refractivity (Wildman–Crippen MR) is 119 cm³/mol. The molecule has 0 aliphatic carbocycles. The van der Waals surface area contributed by atoms with E-state index in [0.29, 0.717) is 21.7 Å². The zero-order chi connectivity index (χ0) is 21.8. The second-order valence-electron chi connectivity index (χ2n) is 6.84. The fraction of sp³-hybridized carbons (Fsp3) is 0.174. The molecule has 154 valence electrons. The summed E-state index contributed by atoms with van der Waals surface area (Å²) in [5.41, 5.74) is 3.80. The zero-order valence-electron chi connectivity index (χ0n) is 17.2. The summed E-state index contributed by atoms with van der Waals surface area (Å²) in [7, 11) is 1.26. The number of rotatable bonds is 5. The third kappa shape index (κ3) is 4.41. The van der Waals surface area contributed by atoms with Crippen LogP contribution in [0.15, 0.2) is 48.5 Å². The second kappa shape index (κ2) is 8.92. The second-order valence-corrected chi connectivity index (χ2v) is 7.87. The number of methoxy groups -OCH3 is 1. The number of thiophene rings is 1. The van der Waals surface area contributed by atoms with E-state index in [2.05, 4.69) is 10.6 Å². The third-order valence-electron chi connectivity index (χ3n) is 4.64. The predicted octanol–water partition coefficient (Wildman–Crippen LogP) is 4.96. The highest BCUT2D eigenvalue weighted by Gasteiger charge is 2.26. The van der Waals surface area contributed by atoms with Crippen LogP contribution in [0.3, 0.4) is 0 Å². The average Bonchev–Trinajstić information content (AvgIpc) is 3.06. The van der Waals surface area contributed by atoms with E-state index in [1.807, 2.05) is 32.0 Å². The molecule has 3 aromatic rings. The van der Waals surface area contributed by atoms with E-state index in [-0.39, 0.29) is 22.4 Å². The van der Waals surface area contributed by atoms with Gasteiger partial charge in [0.25, 0.3) is 11.8 Å². The van der Waals surface area contributed by atoms with Crippen molar-refractivity contribution in [3.8, 4) is 0 Å². The van der Waals surface area contributed by atoms with E-state index >= 15 is 0 Å². The van der Waals surface area contributed by atoms with Crippen molar-refractivity contribution < 1.29 is 19.1 Å². The van der Waals surface area contributed by atoms with Crippen molar-refractivity contribution >= 4 is 39.8 Å². The molecule has 0 fully saturated rings. The number of hydrogen-bond acceptors (Lipinski definition) is 5. The summed E-state index contributed by atoms with van der Waals surface area (Å²) in [5, 5.41) is 5.90. The number of hydrogen-bond donors (Lipinski definition) is 2. The molecule has 1 aromatic heterocycles. The van der Waals surface area contributed by atoms with Crippen LogP contribution in [0.5, 0.6) is 0 Å². The van der Waals surface area contributed by atoms with Gasteiger partial charge in [-0.2, -0.15) is 0 Å². The van der Waals surface area contributed by atoms with E-state index in [1.165, 1.54) is 7.11 Å². The van der Waals surface area contributed by atoms with Crippen LogP contribution in [-0.2, 0) is 4.74 Å². The molecule has 0 bridgehead atoms. The van der Waals surface area contributed by atoms with Gasteiger partial charge in [-0.25, -0.2) is 4.79 Å². The number of ether oxygens (including phenoxy) is 1. The largest absolute Gasteiger partial charge is 0.465 e. The Labute approximate surface area is 178 Å². The quantitative estimate of drug-likeness (QED) is 0.569. The maximum atomic E-state index is 12.9.